The van der Waals surface area contributed by atoms with Crippen molar-refractivity contribution in [2.45, 2.75) is 26.3 Å². The van der Waals surface area contributed by atoms with Gasteiger partial charge in [0.1, 0.15) is 0 Å². The molecule has 1 atom stereocenters. The van der Waals surface area contributed by atoms with Gasteiger partial charge in [0.05, 0.1) is 12.3 Å². The summed E-state index contributed by atoms with van der Waals surface area (Å²) in [6.45, 7) is 11.3. The molecule has 0 aliphatic carbocycles. The summed E-state index contributed by atoms with van der Waals surface area (Å²) >= 11 is 0. The highest BCUT2D eigenvalue weighted by Crippen LogP contribution is 2.33. The van der Waals surface area contributed by atoms with E-state index in [0.717, 1.165) is 17.8 Å². The van der Waals surface area contributed by atoms with Crippen LogP contribution in [0.3, 0.4) is 0 Å². The lowest BCUT2D eigenvalue weighted by molar-refractivity contribution is -0.555. The van der Waals surface area contributed by atoms with Crippen LogP contribution in [0.25, 0.3) is 0 Å². The third-order valence-electron chi connectivity index (χ3n) is 3.44. The van der Waals surface area contributed by atoms with Gasteiger partial charge in [0, 0.05) is 0 Å². The second-order valence-corrected chi connectivity index (χ2v) is 5.11. The number of rotatable bonds is 2. The van der Waals surface area contributed by atoms with Crippen LogP contribution in [0.15, 0.2) is 41.6 Å². The number of hydrogen-bond acceptors (Lipinski definition) is 2. The Morgan fingerprint density at radius 3 is 2.53 bits per heavy atom. The molecule has 0 unspecified atom stereocenters. The summed E-state index contributed by atoms with van der Waals surface area (Å²) in [6, 6.07) is 8.45. The molecule has 1 aliphatic rings. The number of nitrogens with zero attached hydrogens (tertiary/aromatic N) is 3. The van der Waals surface area contributed by atoms with Gasteiger partial charge in [-0.1, -0.05) is 24.3 Å². The van der Waals surface area contributed by atoms with E-state index in [9.17, 15) is 0 Å². The minimum Gasteiger partial charge on any atom is -0.167 e. The van der Waals surface area contributed by atoms with E-state index in [0.29, 0.717) is 0 Å². The standard InChI is InChI=1S/C14H20N3/c1-11(2)14(4)10-16(5)15-17(14)13-8-6-12(3)7-9-13/h6-9H,1,10H2,2-5H3/q+1/t14-/m0/s1. The van der Waals surface area contributed by atoms with Crippen molar-refractivity contribution in [3.63, 3.8) is 0 Å². The van der Waals surface area contributed by atoms with E-state index in [4.69, 9.17) is 0 Å². The lowest BCUT2D eigenvalue weighted by atomic mass is 9.93. The van der Waals surface area contributed by atoms with Crippen molar-refractivity contribution in [2.75, 3.05) is 18.6 Å². The highest BCUT2D eigenvalue weighted by Gasteiger charge is 2.47. The molecule has 1 heterocycles. The van der Waals surface area contributed by atoms with E-state index in [2.05, 4.69) is 61.8 Å². The van der Waals surface area contributed by atoms with Crippen LogP contribution < -0.4 is 5.01 Å². The molecule has 17 heavy (non-hydrogen) atoms. The van der Waals surface area contributed by atoms with Gasteiger partial charge in [0.25, 0.3) is 0 Å². The molecule has 0 N–H and O–H groups in total. The Bertz CT molecular complexity index is 473. The maximum Gasteiger partial charge on any atom is 0.190 e. The molecule has 0 spiro atoms. The Hall–Kier alpha value is -1.64. The first-order valence-corrected chi connectivity index (χ1v) is 5.89. The van der Waals surface area contributed by atoms with E-state index in [1.165, 1.54) is 5.56 Å². The summed E-state index contributed by atoms with van der Waals surface area (Å²) in [5, 5.41) is 6.63. The average molecular weight is 230 g/mol. The van der Waals surface area contributed by atoms with Gasteiger partial charge in [-0.2, -0.15) is 4.70 Å². The van der Waals surface area contributed by atoms with Gasteiger partial charge in [0.2, 0.25) is 0 Å². The van der Waals surface area contributed by atoms with Crippen LogP contribution in [-0.2, 0) is 0 Å². The molecule has 0 amide bonds. The van der Waals surface area contributed by atoms with Gasteiger partial charge >= 0.3 is 0 Å². The molecule has 1 aromatic carbocycles. The van der Waals surface area contributed by atoms with E-state index < -0.39 is 0 Å². The summed E-state index contributed by atoms with van der Waals surface area (Å²) in [5.74, 6) is 0. The van der Waals surface area contributed by atoms with E-state index in [1.807, 2.05) is 11.7 Å². The van der Waals surface area contributed by atoms with E-state index in [1.54, 1.807) is 0 Å². The fourth-order valence-electron chi connectivity index (χ4n) is 2.13. The molecule has 3 nitrogen and oxygen atoms in total. The molecule has 0 saturated heterocycles. The SMILES string of the molecule is C=C(C)[C@]1(C)C[N+](C)=NN1c1ccc(C)cc1. The zero-order valence-corrected chi connectivity index (χ0v) is 11.1. The molecular formula is C14H20N3+. The zero-order chi connectivity index (χ0) is 12.6. The molecule has 90 valence electrons. The van der Waals surface area contributed by atoms with E-state index in [-0.39, 0.29) is 5.54 Å². The summed E-state index contributed by atoms with van der Waals surface area (Å²) in [4.78, 5) is 0. The monoisotopic (exact) mass is 230 g/mol. The maximum absolute atomic E-state index is 4.57. The summed E-state index contributed by atoms with van der Waals surface area (Å²) < 4.78 is 1.97. The molecule has 0 saturated carbocycles. The Morgan fingerprint density at radius 2 is 2.00 bits per heavy atom. The van der Waals surface area contributed by atoms with Gasteiger partial charge in [-0.3, -0.25) is 0 Å². The van der Waals surface area contributed by atoms with Crippen molar-refractivity contribution in [1.29, 1.82) is 0 Å². The minimum atomic E-state index is -0.121. The molecule has 1 aromatic rings. The topological polar surface area (TPSA) is 18.6 Å². The molecule has 3 heteroatoms. The van der Waals surface area contributed by atoms with E-state index >= 15 is 0 Å². The first kappa shape index (κ1) is 11.8. The number of aryl methyl sites for hydroxylation is 1. The van der Waals surface area contributed by atoms with Crippen LogP contribution in [0, 0.1) is 6.92 Å². The van der Waals surface area contributed by atoms with Crippen LogP contribution in [0.4, 0.5) is 5.69 Å². The third-order valence-corrected chi connectivity index (χ3v) is 3.44. The first-order valence-electron chi connectivity index (χ1n) is 5.89. The van der Waals surface area contributed by atoms with Crippen LogP contribution >= 0.6 is 0 Å². The molecule has 0 aromatic heterocycles. The zero-order valence-electron chi connectivity index (χ0n) is 11.1. The van der Waals surface area contributed by atoms with Crippen LogP contribution in [0.5, 0.6) is 0 Å². The summed E-state index contributed by atoms with van der Waals surface area (Å²) in [6.07, 6.45) is 0. The molecule has 0 radical (unpaired) electrons. The highest BCUT2D eigenvalue weighted by atomic mass is 15.7. The first-order chi connectivity index (χ1) is 7.93. The number of hydrogen-bond donors (Lipinski definition) is 0. The second kappa shape index (κ2) is 3.99. The fraction of sp³-hybridized carbons (Fsp3) is 0.429. The van der Waals surface area contributed by atoms with Gasteiger partial charge in [-0.05, 0) is 38.5 Å². The van der Waals surface area contributed by atoms with Crippen LogP contribution in [0.2, 0.25) is 0 Å². The molecule has 2 rings (SSSR count). The van der Waals surface area contributed by atoms with Crippen molar-refractivity contribution >= 4 is 5.69 Å². The lowest BCUT2D eigenvalue weighted by Gasteiger charge is -2.25. The summed E-state index contributed by atoms with van der Waals surface area (Å²) in [7, 11) is 2.00. The maximum atomic E-state index is 4.57. The normalized spacial score (nSPS) is 23.8. The number of anilines is 1. The van der Waals surface area contributed by atoms with Crippen molar-refractivity contribution in [3.8, 4) is 0 Å². The minimum absolute atomic E-state index is 0.121. The Kier molecular flexibility index (Phi) is 2.77. The molecule has 0 fully saturated rings. The second-order valence-electron chi connectivity index (χ2n) is 5.11. The Morgan fingerprint density at radius 1 is 1.41 bits per heavy atom. The quantitative estimate of drug-likeness (QED) is 0.564. The lowest BCUT2D eigenvalue weighted by Crippen LogP contribution is -2.44. The van der Waals surface area contributed by atoms with Crippen LogP contribution in [-0.4, -0.2) is 23.8 Å². The van der Waals surface area contributed by atoms with Crippen molar-refractivity contribution in [1.82, 2.24) is 0 Å². The number of benzene rings is 1. The van der Waals surface area contributed by atoms with Crippen molar-refractivity contribution in [2.24, 2.45) is 5.22 Å². The van der Waals surface area contributed by atoms with Crippen LogP contribution in [0.1, 0.15) is 19.4 Å². The number of likely N-dealkylation sites (N-methyl/N-ethyl adjacent to an activating group) is 1. The fourth-order valence-corrected chi connectivity index (χ4v) is 2.13. The predicted molar refractivity (Wildman–Crippen MR) is 70.4 cm³/mol. The smallest absolute Gasteiger partial charge is 0.167 e. The summed E-state index contributed by atoms with van der Waals surface area (Å²) in [5.41, 5.74) is 3.39. The Labute approximate surface area is 103 Å². The van der Waals surface area contributed by atoms with Gasteiger partial charge < -0.3 is 0 Å². The predicted octanol–water partition coefficient (Wildman–Crippen LogP) is 3.16. The van der Waals surface area contributed by atoms with Crippen molar-refractivity contribution < 1.29 is 4.70 Å². The van der Waals surface area contributed by atoms with Crippen molar-refractivity contribution in [3.05, 3.63) is 42.0 Å². The molecular weight excluding hydrogens is 210 g/mol. The Balaban J connectivity index is 2.42. The molecule has 0 bridgehead atoms. The van der Waals surface area contributed by atoms with Gasteiger partial charge in [-0.25, -0.2) is 0 Å². The highest BCUT2D eigenvalue weighted by molar-refractivity contribution is 5.51. The molecule has 1 aliphatic heterocycles. The average Bonchev–Trinajstić information content (AvgIpc) is 2.57. The van der Waals surface area contributed by atoms with Gasteiger partial charge in [0.15, 0.2) is 17.8 Å². The largest absolute Gasteiger partial charge is 0.190 e. The third kappa shape index (κ3) is 1.97. The van der Waals surface area contributed by atoms with Gasteiger partial charge in [-0.15, -0.1) is 5.01 Å².